The van der Waals surface area contributed by atoms with Crippen LogP contribution in [0.5, 0.6) is 0 Å². The summed E-state index contributed by atoms with van der Waals surface area (Å²) in [5, 5.41) is 9.34. The fourth-order valence-corrected chi connectivity index (χ4v) is 2.28. The average molecular weight is 291 g/mol. The SMILES string of the molecule is Cc1ccc(-c2ccccc2-c2nc(N)nc(N)c2C#N)o1. The van der Waals surface area contributed by atoms with Crippen molar-refractivity contribution in [1.29, 1.82) is 5.26 Å². The molecule has 6 nitrogen and oxygen atoms in total. The van der Waals surface area contributed by atoms with Gasteiger partial charge in [0, 0.05) is 11.1 Å². The summed E-state index contributed by atoms with van der Waals surface area (Å²) >= 11 is 0. The first-order valence-electron chi connectivity index (χ1n) is 6.59. The topological polar surface area (TPSA) is 115 Å². The third-order valence-corrected chi connectivity index (χ3v) is 3.25. The van der Waals surface area contributed by atoms with Crippen LogP contribution in [-0.2, 0) is 0 Å². The molecule has 0 bridgehead atoms. The van der Waals surface area contributed by atoms with Gasteiger partial charge in [0.1, 0.15) is 29.0 Å². The number of aryl methyl sites for hydroxylation is 1. The van der Waals surface area contributed by atoms with Crippen molar-refractivity contribution in [2.24, 2.45) is 0 Å². The maximum Gasteiger partial charge on any atom is 0.222 e. The molecule has 0 saturated carbocycles. The first kappa shape index (κ1) is 13.6. The summed E-state index contributed by atoms with van der Waals surface area (Å²) in [6.07, 6.45) is 0. The summed E-state index contributed by atoms with van der Waals surface area (Å²) in [4.78, 5) is 8.03. The summed E-state index contributed by atoms with van der Waals surface area (Å²) in [6.45, 7) is 1.87. The van der Waals surface area contributed by atoms with E-state index < -0.39 is 0 Å². The Hall–Kier alpha value is -3.33. The molecule has 3 rings (SSSR count). The Balaban J connectivity index is 2.29. The van der Waals surface area contributed by atoms with Gasteiger partial charge in [-0.2, -0.15) is 10.2 Å². The fourth-order valence-electron chi connectivity index (χ4n) is 2.28. The van der Waals surface area contributed by atoms with E-state index in [9.17, 15) is 5.26 Å². The molecule has 2 heterocycles. The third kappa shape index (κ3) is 2.25. The Morgan fingerprint density at radius 1 is 1.05 bits per heavy atom. The van der Waals surface area contributed by atoms with Gasteiger partial charge in [-0.25, -0.2) is 4.98 Å². The van der Waals surface area contributed by atoms with Crippen LogP contribution in [0, 0.1) is 18.3 Å². The zero-order chi connectivity index (χ0) is 15.7. The number of hydrogen-bond acceptors (Lipinski definition) is 6. The first-order valence-corrected chi connectivity index (χ1v) is 6.59. The Kier molecular flexibility index (Phi) is 3.24. The van der Waals surface area contributed by atoms with E-state index in [0.717, 1.165) is 11.3 Å². The molecule has 22 heavy (non-hydrogen) atoms. The van der Waals surface area contributed by atoms with Crippen LogP contribution in [0.2, 0.25) is 0 Å². The molecule has 0 amide bonds. The Labute approximate surface area is 127 Å². The molecule has 108 valence electrons. The van der Waals surface area contributed by atoms with Crippen molar-refractivity contribution in [2.75, 3.05) is 11.5 Å². The quantitative estimate of drug-likeness (QED) is 0.750. The molecule has 0 radical (unpaired) electrons. The minimum absolute atomic E-state index is 0.0249. The highest BCUT2D eigenvalue weighted by Crippen LogP contribution is 2.34. The van der Waals surface area contributed by atoms with Crippen LogP contribution in [0.4, 0.5) is 11.8 Å². The van der Waals surface area contributed by atoms with Crippen LogP contribution in [0.15, 0.2) is 40.8 Å². The first-order chi connectivity index (χ1) is 10.6. The number of rotatable bonds is 2. The van der Waals surface area contributed by atoms with Crippen molar-refractivity contribution >= 4 is 11.8 Å². The van der Waals surface area contributed by atoms with Crippen molar-refractivity contribution in [2.45, 2.75) is 6.92 Å². The van der Waals surface area contributed by atoms with E-state index in [1.165, 1.54) is 0 Å². The maximum atomic E-state index is 9.34. The minimum Gasteiger partial charge on any atom is -0.461 e. The lowest BCUT2D eigenvalue weighted by molar-refractivity contribution is 0.548. The zero-order valence-corrected chi connectivity index (χ0v) is 11.9. The molecule has 0 unspecified atom stereocenters. The molecule has 0 spiro atoms. The van der Waals surface area contributed by atoms with Crippen LogP contribution >= 0.6 is 0 Å². The third-order valence-electron chi connectivity index (χ3n) is 3.25. The van der Waals surface area contributed by atoms with Crippen molar-refractivity contribution in [3.8, 4) is 28.7 Å². The number of aromatic nitrogens is 2. The van der Waals surface area contributed by atoms with E-state index in [4.69, 9.17) is 15.9 Å². The normalized spacial score (nSPS) is 10.4. The standard InChI is InChI=1S/C16H13N5O/c1-9-6-7-13(22-9)10-4-2-3-5-11(10)14-12(8-17)15(18)21-16(19)20-14/h2-7H,1H3,(H4,18,19,20,21). The number of furan rings is 1. The van der Waals surface area contributed by atoms with E-state index >= 15 is 0 Å². The van der Waals surface area contributed by atoms with Gasteiger partial charge in [-0.05, 0) is 19.1 Å². The van der Waals surface area contributed by atoms with E-state index in [0.29, 0.717) is 17.0 Å². The number of benzene rings is 1. The molecule has 4 N–H and O–H groups in total. The van der Waals surface area contributed by atoms with Crippen molar-refractivity contribution in [1.82, 2.24) is 9.97 Å². The van der Waals surface area contributed by atoms with Crippen LogP contribution in [-0.4, -0.2) is 9.97 Å². The van der Waals surface area contributed by atoms with Gasteiger partial charge >= 0.3 is 0 Å². The second kappa shape index (κ2) is 5.22. The molecule has 0 aliphatic carbocycles. The molecule has 0 aliphatic heterocycles. The Morgan fingerprint density at radius 3 is 2.41 bits per heavy atom. The van der Waals surface area contributed by atoms with Crippen molar-refractivity contribution in [3.63, 3.8) is 0 Å². The fraction of sp³-hybridized carbons (Fsp3) is 0.0625. The number of nitriles is 1. The van der Waals surface area contributed by atoms with Gasteiger partial charge in [-0.1, -0.05) is 24.3 Å². The monoisotopic (exact) mass is 291 g/mol. The van der Waals surface area contributed by atoms with Crippen LogP contribution in [0.3, 0.4) is 0 Å². The molecule has 3 aromatic rings. The average Bonchev–Trinajstić information content (AvgIpc) is 2.93. The molecular formula is C16H13N5O. The molecule has 1 aromatic carbocycles. The molecular weight excluding hydrogens is 278 g/mol. The number of hydrogen-bond donors (Lipinski definition) is 2. The predicted octanol–water partition coefficient (Wildman–Crippen LogP) is 2.75. The Bertz CT molecular complexity index is 892. The van der Waals surface area contributed by atoms with Crippen LogP contribution in [0.1, 0.15) is 11.3 Å². The van der Waals surface area contributed by atoms with Gasteiger partial charge in [0.05, 0.1) is 5.69 Å². The van der Waals surface area contributed by atoms with E-state index in [2.05, 4.69) is 9.97 Å². The maximum absolute atomic E-state index is 9.34. The van der Waals surface area contributed by atoms with Gasteiger partial charge in [-0.15, -0.1) is 0 Å². The summed E-state index contributed by atoms with van der Waals surface area (Å²) in [6, 6.07) is 13.3. The number of nitrogen functional groups attached to an aromatic ring is 2. The number of nitrogens with zero attached hydrogens (tertiary/aromatic N) is 3. The van der Waals surface area contributed by atoms with Gasteiger partial charge < -0.3 is 15.9 Å². The van der Waals surface area contributed by atoms with Gasteiger partial charge in [-0.3, -0.25) is 0 Å². The second-order valence-corrected chi connectivity index (χ2v) is 4.76. The van der Waals surface area contributed by atoms with Crippen LogP contribution < -0.4 is 11.5 Å². The molecule has 0 fully saturated rings. The van der Waals surface area contributed by atoms with E-state index in [1.54, 1.807) is 0 Å². The van der Waals surface area contributed by atoms with E-state index in [1.807, 2.05) is 49.4 Å². The summed E-state index contributed by atoms with van der Waals surface area (Å²) in [7, 11) is 0. The summed E-state index contributed by atoms with van der Waals surface area (Å²) in [5.41, 5.74) is 13.6. The highest BCUT2D eigenvalue weighted by atomic mass is 16.3. The molecule has 6 heteroatoms. The molecule has 0 atom stereocenters. The zero-order valence-electron chi connectivity index (χ0n) is 11.9. The number of anilines is 2. The smallest absolute Gasteiger partial charge is 0.222 e. The minimum atomic E-state index is 0.0249. The van der Waals surface area contributed by atoms with Gasteiger partial charge in [0.15, 0.2) is 0 Å². The lowest BCUT2D eigenvalue weighted by Gasteiger charge is -2.10. The van der Waals surface area contributed by atoms with Crippen molar-refractivity contribution < 1.29 is 4.42 Å². The molecule has 0 aliphatic rings. The summed E-state index contributed by atoms with van der Waals surface area (Å²) < 4.78 is 5.68. The highest BCUT2D eigenvalue weighted by molar-refractivity contribution is 5.84. The molecule has 0 saturated heterocycles. The largest absolute Gasteiger partial charge is 0.461 e. The van der Waals surface area contributed by atoms with E-state index in [-0.39, 0.29) is 17.3 Å². The van der Waals surface area contributed by atoms with Crippen molar-refractivity contribution in [3.05, 3.63) is 47.7 Å². The van der Waals surface area contributed by atoms with Crippen LogP contribution in [0.25, 0.3) is 22.6 Å². The second-order valence-electron chi connectivity index (χ2n) is 4.76. The lowest BCUT2D eigenvalue weighted by atomic mass is 9.99. The number of nitrogens with two attached hydrogens (primary N) is 2. The summed E-state index contributed by atoms with van der Waals surface area (Å²) in [5.74, 6) is 1.58. The van der Waals surface area contributed by atoms with Gasteiger partial charge in [0.25, 0.3) is 0 Å². The predicted molar refractivity (Wildman–Crippen MR) is 83.4 cm³/mol. The Morgan fingerprint density at radius 2 is 1.77 bits per heavy atom. The highest BCUT2D eigenvalue weighted by Gasteiger charge is 2.17. The lowest BCUT2D eigenvalue weighted by Crippen LogP contribution is -2.05. The molecule has 2 aromatic heterocycles. The van der Waals surface area contributed by atoms with Gasteiger partial charge in [0.2, 0.25) is 5.95 Å².